The summed E-state index contributed by atoms with van der Waals surface area (Å²) in [5.74, 6) is 1.68. The van der Waals surface area contributed by atoms with Gasteiger partial charge in [0.25, 0.3) is 0 Å². The van der Waals surface area contributed by atoms with Crippen molar-refractivity contribution in [2.75, 3.05) is 27.2 Å². The SMILES string of the molecule is COc1c(CC(C)N)cccc1OC1CCN(C)CC1. The molecule has 1 atom stereocenters. The number of rotatable bonds is 5. The molecule has 0 bridgehead atoms. The Labute approximate surface area is 121 Å². The molecule has 4 nitrogen and oxygen atoms in total. The van der Waals surface area contributed by atoms with E-state index in [1.165, 1.54) is 0 Å². The predicted octanol–water partition coefficient (Wildman–Crippen LogP) is 2.06. The first kappa shape index (κ1) is 15.1. The molecule has 1 saturated heterocycles. The number of para-hydroxylation sites is 1. The summed E-state index contributed by atoms with van der Waals surface area (Å²) in [5.41, 5.74) is 7.01. The summed E-state index contributed by atoms with van der Waals surface area (Å²) >= 11 is 0. The summed E-state index contributed by atoms with van der Waals surface area (Å²) in [6, 6.07) is 6.18. The fraction of sp³-hybridized carbons (Fsp3) is 0.625. The molecule has 1 aromatic carbocycles. The maximum absolute atomic E-state index is 6.16. The van der Waals surface area contributed by atoms with E-state index in [-0.39, 0.29) is 12.1 Å². The molecule has 0 radical (unpaired) electrons. The molecule has 1 fully saturated rings. The molecule has 1 aromatic rings. The van der Waals surface area contributed by atoms with E-state index in [1.807, 2.05) is 19.1 Å². The van der Waals surface area contributed by atoms with Crippen molar-refractivity contribution in [3.63, 3.8) is 0 Å². The second-order valence-electron chi connectivity index (χ2n) is 5.75. The number of nitrogens with zero attached hydrogens (tertiary/aromatic N) is 1. The first-order chi connectivity index (χ1) is 9.60. The van der Waals surface area contributed by atoms with E-state index in [1.54, 1.807) is 7.11 Å². The molecule has 1 aliphatic rings. The largest absolute Gasteiger partial charge is 0.493 e. The maximum Gasteiger partial charge on any atom is 0.163 e. The van der Waals surface area contributed by atoms with Crippen molar-refractivity contribution in [3.8, 4) is 11.5 Å². The highest BCUT2D eigenvalue weighted by Gasteiger charge is 2.20. The van der Waals surface area contributed by atoms with E-state index in [0.717, 1.165) is 49.4 Å². The van der Waals surface area contributed by atoms with Crippen molar-refractivity contribution in [3.05, 3.63) is 23.8 Å². The molecule has 0 aliphatic carbocycles. The van der Waals surface area contributed by atoms with Gasteiger partial charge in [0.15, 0.2) is 11.5 Å². The fourth-order valence-electron chi connectivity index (χ4n) is 2.68. The molecule has 0 saturated carbocycles. The van der Waals surface area contributed by atoms with Gasteiger partial charge >= 0.3 is 0 Å². The quantitative estimate of drug-likeness (QED) is 0.895. The normalized spacial score (nSPS) is 18.8. The lowest BCUT2D eigenvalue weighted by molar-refractivity contribution is 0.111. The summed E-state index contributed by atoms with van der Waals surface area (Å²) in [6.45, 7) is 4.18. The number of methoxy groups -OCH3 is 1. The van der Waals surface area contributed by atoms with Crippen LogP contribution in [0.2, 0.25) is 0 Å². The van der Waals surface area contributed by atoms with Gasteiger partial charge in [0.05, 0.1) is 7.11 Å². The zero-order chi connectivity index (χ0) is 14.5. The van der Waals surface area contributed by atoms with Crippen molar-refractivity contribution in [1.29, 1.82) is 0 Å². The van der Waals surface area contributed by atoms with Crippen molar-refractivity contribution in [2.45, 2.75) is 38.3 Å². The zero-order valence-electron chi connectivity index (χ0n) is 12.8. The molecule has 1 heterocycles. The highest BCUT2D eigenvalue weighted by atomic mass is 16.5. The van der Waals surface area contributed by atoms with Crippen molar-refractivity contribution >= 4 is 0 Å². The third-order valence-corrected chi connectivity index (χ3v) is 3.77. The van der Waals surface area contributed by atoms with Gasteiger partial charge in [-0.3, -0.25) is 0 Å². The molecule has 1 unspecified atom stereocenters. The van der Waals surface area contributed by atoms with Crippen molar-refractivity contribution in [2.24, 2.45) is 5.73 Å². The van der Waals surface area contributed by atoms with Crippen LogP contribution in [0.15, 0.2) is 18.2 Å². The zero-order valence-corrected chi connectivity index (χ0v) is 12.8. The van der Waals surface area contributed by atoms with Gasteiger partial charge in [-0.05, 0) is 44.9 Å². The lowest BCUT2D eigenvalue weighted by Gasteiger charge is -2.30. The standard InChI is InChI=1S/C16H26N2O2/c1-12(17)11-13-5-4-6-15(16(13)19-3)20-14-7-9-18(2)10-8-14/h4-6,12,14H,7-11,17H2,1-3H3. The van der Waals surface area contributed by atoms with Crippen LogP contribution in [0.1, 0.15) is 25.3 Å². The lowest BCUT2D eigenvalue weighted by Crippen LogP contribution is -2.35. The van der Waals surface area contributed by atoms with E-state index >= 15 is 0 Å². The number of likely N-dealkylation sites (tertiary alicyclic amines) is 1. The molecule has 0 aromatic heterocycles. The summed E-state index contributed by atoms with van der Waals surface area (Å²) in [5, 5.41) is 0. The lowest BCUT2D eigenvalue weighted by atomic mass is 10.1. The van der Waals surface area contributed by atoms with Gasteiger partial charge < -0.3 is 20.1 Å². The number of nitrogens with two attached hydrogens (primary N) is 1. The highest BCUT2D eigenvalue weighted by Crippen LogP contribution is 2.33. The molecular weight excluding hydrogens is 252 g/mol. The first-order valence-corrected chi connectivity index (χ1v) is 7.36. The summed E-state index contributed by atoms with van der Waals surface area (Å²) < 4.78 is 11.7. The Morgan fingerprint density at radius 2 is 2.05 bits per heavy atom. The predicted molar refractivity (Wildman–Crippen MR) is 81.5 cm³/mol. The average molecular weight is 278 g/mol. The van der Waals surface area contributed by atoms with Gasteiger partial charge in [-0.15, -0.1) is 0 Å². The van der Waals surface area contributed by atoms with E-state index < -0.39 is 0 Å². The molecule has 1 aliphatic heterocycles. The minimum Gasteiger partial charge on any atom is -0.493 e. The highest BCUT2D eigenvalue weighted by molar-refractivity contribution is 5.47. The third kappa shape index (κ3) is 3.87. The number of piperidine rings is 1. The Kier molecular flexibility index (Phi) is 5.26. The van der Waals surface area contributed by atoms with E-state index in [9.17, 15) is 0 Å². The maximum atomic E-state index is 6.16. The average Bonchev–Trinajstić information content (AvgIpc) is 2.41. The van der Waals surface area contributed by atoms with E-state index in [4.69, 9.17) is 15.2 Å². The Balaban J connectivity index is 2.10. The minimum absolute atomic E-state index is 0.113. The van der Waals surface area contributed by atoms with Crippen molar-refractivity contribution in [1.82, 2.24) is 4.90 Å². The molecule has 0 spiro atoms. The van der Waals surface area contributed by atoms with Crippen LogP contribution in [0, 0.1) is 0 Å². The molecule has 2 N–H and O–H groups in total. The van der Waals surface area contributed by atoms with Gasteiger partial charge in [0.2, 0.25) is 0 Å². The van der Waals surface area contributed by atoms with Gasteiger partial charge in [-0.1, -0.05) is 12.1 Å². The number of ether oxygens (including phenoxy) is 2. The van der Waals surface area contributed by atoms with Gasteiger partial charge in [-0.2, -0.15) is 0 Å². The fourth-order valence-corrected chi connectivity index (χ4v) is 2.68. The molecule has 4 heteroatoms. The molecular formula is C16H26N2O2. The molecule has 112 valence electrons. The van der Waals surface area contributed by atoms with Crippen LogP contribution in [0.3, 0.4) is 0 Å². The molecule has 0 amide bonds. The minimum atomic E-state index is 0.113. The van der Waals surface area contributed by atoms with E-state index in [2.05, 4.69) is 18.0 Å². The van der Waals surface area contributed by atoms with E-state index in [0.29, 0.717) is 0 Å². The Hall–Kier alpha value is -1.26. The smallest absolute Gasteiger partial charge is 0.163 e. The van der Waals surface area contributed by atoms with Crippen molar-refractivity contribution < 1.29 is 9.47 Å². The third-order valence-electron chi connectivity index (χ3n) is 3.77. The van der Waals surface area contributed by atoms with Crippen LogP contribution >= 0.6 is 0 Å². The molecule has 20 heavy (non-hydrogen) atoms. The number of hydrogen-bond donors (Lipinski definition) is 1. The van der Waals surface area contributed by atoms with Crippen LogP contribution < -0.4 is 15.2 Å². The van der Waals surface area contributed by atoms with Crippen LogP contribution in [-0.2, 0) is 6.42 Å². The van der Waals surface area contributed by atoms with Crippen LogP contribution in [0.25, 0.3) is 0 Å². The Morgan fingerprint density at radius 1 is 1.35 bits per heavy atom. The van der Waals surface area contributed by atoms with Gasteiger partial charge in [0, 0.05) is 19.1 Å². The van der Waals surface area contributed by atoms with Crippen LogP contribution in [0.5, 0.6) is 11.5 Å². The van der Waals surface area contributed by atoms with Gasteiger partial charge in [0.1, 0.15) is 6.10 Å². The first-order valence-electron chi connectivity index (χ1n) is 7.36. The Bertz CT molecular complexity index is 426. The number of benzene rings is 1. The molecule has 2 rings (SSSR count). The Morgan fingerprint density at radius 3 is 2.65 bits per heavy atom. The number of hydrogen-bond acceptors (Lipinski definition) is 4. The summed E-state index contributed by atoms with van der Waals surface area (Å²) in [7, 11) is 3.85. The topological polar surface area (TPSA) is 47.7 Å². The van der Waals surface area contributed by atoms with Crippen LogP contribution in [0.4, 0.5) is 0 Å². The summed E-state index contributed by atoms with van der Waals surface area (Å²) in [4.78, 5) is 2.34. The van der Waals surface area contributed by atoms with Crippen LogP contribution in [-0.4, -0.2) is 44.3 Å². The second-order valence-corrected chi connectivity index (χ2v) is 5.75. The van der Waals surface area contributed by atoms with Gasteiger partial charge in [-0.25, -0.2) is 0 Å². The summed E-state index contributed by atoms with van der Waals surface area (Å²) in [6.07, 6.45) is 3.22. The second kappa shape index (κ2) is 6.95. The monoisotopic (exact) mass is 278 g/mol.